The number of pyridine rings is 1. The van der Waals surface area contributed by atoms with Crippen molar-refractivity contribution in [1.29, 1.82) is 0 Å². The Morgan fingerprint density at radius 2 is 2.18 bits per heavy atom. The molecule has 1 N–H and O–H groups in total. The molecule has 0 aliphatic rings. The third kappa shape index (κ3) is 2.68. The summed E-state index contributed by atoms with van der Waals surface area (Å²) in [6, 6.07) is 1.30. The molecule has 0 spiro atoms. The molecule has 4 nitrogen and oxygen atoms in total. The minimum atomic E-state index is -1.15. The van der Waals surface area contributed by atoms with Crippen molar-refractivity contribution in [2.45, 2.75) is 18.9 Å². The summed E-state index contributed by atoms with van der Waals surface area (Å²) in [7, 11) is 1.81. The predicted octanol–water partition coefficient (Wildman–Crippen LogP) is 1.40. The SMILES string of the molecule is Cn1cc(CC(C)(O)c2cncc(F)c2)cn1. The highest BCUT2D eigenvalue weighted by molar-refractivity contribution is 5.21. The van der Waals surface area contributed by atoms with Crippen molar-refractivity contribution in [2.75, 3.05) is 0 Å². The Kier molecular flexibility index (Phi) is 2.93. The van der Waals surface area contributed by atoms with Crippen LogP contribution in [-0.2, 0) is 19.1 Å². The van der Waals surface area contributed by atoms with Crippen LogP contribution in [0, 0.1) is 5.82 Å². The average molecular weight is 235 g/mol. The zero-order chi connectivity index (χ0) is 12.5. The van der Waals surface area contributed by atoms with Gasteiger partial charge in [0, 0.05) is 31.4 Å². The van der Waals surface area contributed by atoms with E-state index in [2.05, 4.69) is 10.1 Å². The summed E-state index contributed by atoms with van der Waals surface area (Å²) in [5, 5.41) is 14.4. The van der Waals surface area contributed by atoms with E-state index in [4.69, 9.17) is 0 Å². The van der Waals surface area contributed by atoms with Gasteiger partial charge in [-0.2, -0.15) is 5.10 Å². The maximum absolute atomic E-state index is 13.1. The van der Waals surface area contributed by atoms with Gasteiger partial charge in [-0.25, -0.2) is 4.39 Å². The number of hydrogen-bond acceptors (Lipinski definition) is 3. The smallest absolute Gasteiger partial charge is 0.141 e. The highest BCUT2D eigenvalue weighted by atomic mass is 19.1. The van der Waals surface area contributed by atoms with Gasteiger partial charge in [0.05, 0.1) is 18.0 Å². The Balaban J connectivity index is 2.24. The molecule has 0 saturated carbocycles. The first-order chi connectivity index (χ1) is 7.97. The Hall–Kier alpha value is -1.75. The van der Waals surface area contributed by atoms with Crippen LogP contribution in [0.2, 0.25) is 0 Å². The molecule has 17 heavy (non-hydrogen) atoms. The van der Waals surface area contributed by atoms with E-state index in [9.17, 15) is 9.50 Å². The monoisotopic (exact) mass is 235 g/mol. The second kappa shape index (κ2) is 4.25. The van der Waals surface area contributed by atoms with E-state index < -0.39 is 11.4 Å². The molecular formula is C12H14FN3O. The first-order valence-electron chi connectivity index (χ1n) is 5.28. The van der Waals surface area contributed by atoms with Gasteiger partial charge in [-0.15, -0.1) is 0 Å². The van der Waals surface area contributed by atoms with Crippen LogP contribution in [0.3, 0.4) is 0 Å². The molecule has 90 valence electrons. The number of nitrogens with zero attached hydrogens (tertiary/aromatic N) is 3. The Morgan fingerprint density at radius 3 is 2.76 bits per heavy atom. The van der Waals surface area contributed by atoms with Crippen LogP contribution < -0.4 is 0 Å². The number of aromatic nitrogens is 3. The summed E-state index contributed by atoms with van der Waals surface area (Å²) >= 11 is 0. The van der Waals surface area contributed by atoms with Gasteiger partial charge < -0.3 is 5.11 Å². The van der Waals surface area contributed by atoms with Gasteiger partial charge in [-0.3, -0.25) is 9.67 Å². The molecular weight excluding hydrogens is 221 g/mol. The minimum Gasteiger partial charge on any atom is -0.385 e. The van der Waals surface area contributed by atoms with Crippen molar-refractivity contribution >= 4 is 0 Å². The fourth-order valence-corrected chi connectivity index (χ4v) is 1.77. The van der Waals surface area contributed by atoms with Crippen LogP contribution in [0.15, 0.2) is 30.9 Å². The summed E-state index contributed by atoms with van der Waals surface area (Å²) < 4.78 is 14.7. The molecule has 1 unspecified atom stereocenters. The lowest BCUT2D eigenvalue weighted by Crippen LogP contribution is -2.24. The summed E-state index contributed by atoms with van der Waals surface area (Å²) in [4.78, 5) is 3.74. The molecule has 0 amide bonds. The van der Waals surface area contributed by atoms with E-state index in [1.165, 1.54) is 12.3 Å². The molecule has 5 heteroatoms. The fourth-order valence-electron chi connectivity index (χ4n) is 1.77. The summed E-state index contributed by atoms with van der Waals surface area (Å²) in [5.41, 5.74) is 0.195. The van der Waals surface area contributed by atoms with Gasteiger partial charge in [0.15, 0.2) is 0 Å². The lowest BCUT2D eigenvalue weighted by Gasteiger charge is -2.22. The van der Waals surface area contributed by atoms with Gasteiger partial charge in [-0.1, -0.05) is 0 Å². The zero-order valence-electron chi connectivity index (χ0n) is 9.76. The zero-order valence-corrected chi connectivity index (χ0v) is 9.76. The van der Waals surface area contributed by atoms with Crippen molar-refractivity contribution in [3.05, 3.63) is 47.8 Å². The quantitative estimate of drug-likeness (QED) is 0.875. The first-order valence-corrected chi connectivity index (χ1v) is 5.28. The van der Waals surface area contributed by atoms with E-state index in [1.807, 2.05) is 13.2 Å². The number of rotatable bonds is 3. The number of aryl methyl sites for hydroxylation is 1. The number of aliphatic hydroxyl groups is 1. The first kappa shape index (κ1) is 11.7. The van der Waals surface area contributed by atoms with Crippen LogP contribution >= 0.6 is 0 Å². The summed E-state index contributed by atoms with van der Waals surface area (Å²) in [6.07, 6.45) is 6.46. The third-order valence-corrected chi connectivity index (χ3v) is 2.63. The van der Waals surface area contributed by atoms with Crippen LogP contribution in [0.5, 0.6) is 0 Å². The highest BCUT2D eigenvalue weighted by Gasteiger charge is 2.25. The van der Waals surface area contributed by atoms with E-state index >= 15 is 0 Å². The second-order valence-electron chi connectivity index (χ2n) is 4.36. The molecule has 2 aromatic heterocycles. The summed E-state index contributed by atoms with van der Waals surface area (Å²) in [6.45, 7) is 1.64. The van der Waals surface area contributed by atoms with E-state index in [0.717, 1.165) is 11.8 Å². The lowest BCUT2D eigenvalue weighted by molar-refractivity contribution is 0.0569. The maximum Gasteiger partial charge on any atom is 0.141 e. The van der Waals surface area contributed by atoms with Crippen molar-refractivity contribution in [2.24, 2.45) is 7.05 Å². The molecule has 0 aromatic carbocycles. The summed E-state index contributed by atoms with van der Waals surface area (Å²) in [5.74, 6) is -0.450. The van der Waals surface area contributed by atoms with Crippen molar-refractivity contribution < 1.29 is 9.50 Å². The molecule has 0 aliphatic carbocycles. The van der Waals surface area contributed by atoms with Gasteiger partial charge in [0.2, 0.25) is 0 Å². The maximum atomic E-state index is 13.1. The molecule has 0 bridgehead atoms. The molecule has 0 aliphatic heterocycles. The largest absolute Gasteiger partial charge is 0.385 e. The van der Waals surface area contributed by atoms with Crippen LogP contribution in [0.4, 0.5) is 4.39 Å². The molecule has 0 saturated heterocycles. The lowest BCUT2D eigenvalue weighted by atomic mass is 9.91. The predicted molar refractivity (Wildman–Crippen MR) is 60.7 cm³/mol. The molecule has 2 heterocycles. The fraction of sp³-hybridized carbons (Fsp3) is 0.333. The van der Waals surface area contributed by atoms with Crippen LogP contribution in [0.25, 0.3) is 0 Å². The van der Waals surface area contributed by atoms with Gasteiger partial charge in [-0.05, 0) is 18.6 Å². The molecule has 1 atom stereocenters. The van der Waals surface area contributed by atoms with E-state index in [1.54, 1.807) is 17.8 Å². The van der Waals surface area contributed by atoms with Gasteiger partial charge in [0.1, 0.15) is 5.82 Å². The molecule has 0 radical (unpaired) electrons. The van der Waals surface area contributed by atoms with Crippen molar-refractivity contribution in [3.8, 4) is 0 Å². The third-order valence-electron chi connectivity index (χ3n) is 2.63. The number of hydrogen-bond donors (Lipinski definition) is 1. The van der Waals surface area contributed by atoms with Crippen molar-refractivity contribution in [3.63, 3.8) is 0 Å². The Morgan fingerprint density at radius 1 is 1.41 bits per heavy atom. The van der Waals surface area contributed by atoms with Gasteiger partial charge in [0.25, 0.3) is 0 Å². The topological polar surface area (TPSA) is 50.9 Å². The van der Waals surface area contributed by atoms with E-state index in [-0.39, 0.29) is 0 Å². The van der Waals surface area contributed by atoms with Crippen LogP contribution in [-0.4, -0.2) is 19.9 Å². The molecule has 0 fully saturated rings. The standard InChI is InChI=1S/C12H14FN3O/c1-12(17,4-9-5-15-16(2)8-9)10-3-11(13)7-14-6-10/h3,5-8,17H,4H2,1-2H3. The normalized spacial score (nSPS) is 14.6. The van der Waals surface area contributed by atoms with Crippen molar-refractivity contribution in [1.82, 2.24) is 14.8 Å². The van der Waals surface area contributed by atoms with Gasteiger partial charge >= 0.3 is 0 Å². The molecule has 2 aromatic rings. The average Bonchev–Trinajstić information content (AvgIpc) is 2.63. The number of halogens is 1. The second-order valence-corrected chi connectivity index (χ2v) is 4.36. The Labute approximate surface area is 98.7 Å². The molecule has 2 rings (SSSR count). The van der Waals surface area contributed by atoms with Crippen LogP contribution in [0.1, 0.15) is 18.1 Å². The van der Waals surface area contributed by atoms with E-state index in [0.29, 0.717) is 12.0 Å². The Bertz CT molecular complexity index is 522. The minimum absolute atomic E-state index is 0.367. The highest BCUT2D eigenvalue weighted by Crippen LogP contribution is 2.24.